The van der Waals surface area contributed by atoms with Gasteiger partial charge in [-0.1, -0.05) is 29.0 Å². The van der Waals surface area contributed by atoms with Crippen LogP contribution in [0.25, 0.3) is 6.08 Å². The number of benzene rings is 1. The number of thiazole rings is 1. The Balaban J connectivity index is 1.44. The number of hydrogen-bond donors (Lipinski definition) is 1. The van der Waals surface area contributed by atoms with Crippen LogP contribution in [-0.2, 0) is 15.0 Å². The number of nitrogens with zero attached hydrogens (tertiary/aromatic N) is 4. The predicted molar refractivity (Wildman–Crippen MR) is 129 cm³/mol. The molecule has 1 aromatic heterocycles. The molecule has 0 bridgehead atoms. The van der Waals surface area contributed by atoms with Crippen LogP contribution in [0.4, 0.5) is 15.6 Å². The molecule has 0 aliphatic carbocycles. The van der Waals surface area contributed by atoms with Gasteiger partial charge >= 0.3 is 6.03 Å². The van der Waals surface area contributed by atoms with Gasteiger partial charge in [0.2, 0.25) is 11.8 Å². The molecular formula is C23H24ClN5O3S. The van der Waals surface area contributed by atoms with E-state index in [1.807, 2.05) is 34.1 Å². The van der Waals surface area contributed by atoms with Gasteiger partial charge in [-0.3, -0.25) is 19.8 Å². The first-order valence-corrected chi connectivity index (χ1v) is 12.1. The molecule has 3 aliphatic rings. The minimum Gasteiger partial charge on any atom is -0.342 e. The lowest BCUT2D eigenvalue weighted by Crippen LogP contribution is -2.41. The maximum absolute atomic E-state index is 13.2. The summed E-state index contributed by atoms with van der Waals surface area (Å²) in [5.41, 5.74) is 2.39. The number of hydrogen-bond acceptors (Lipinski definition) is 5. The molecule has 172 valence electrons. The Labute approximate surface area is 200 Å². The van der Waals surface area contributed by atoms with Crippen molar-refractivity contribution in [1.82, 2.24) is 14.8 Å². The SMILES string of the molecule is CC(=O)N1CCC2(C1)CN(C(=O)Nc1ncc(Cl)s1)c1ccc(C=CC(=O)N3CCC3)cc12. The van der Waals surface area contributed by atoms with Crippen LogP contribution < -0.4 is 10.2 Å². The fourth-order valence-electron chi connectivity index (χ4n) is 4.74. The zero-order valence-electron chi connectivity index (χ0n) is 18.2. The molecule has 4 heterocycles. The number of carbonyl (C=O) groups is 3. The first-order valence-electron chi connectivity index (χ1n) is 10.9. The highest BCUT2D eigenvalue weighted by atomic mass is 35.5. The molecule has 1 aromatic carbocycles. The fraction of sp³-hybridized carbons (Fsp3) is 0.391. The third-order valence-electron chi connectivity index (χ3n) is 6.67. The third-order valence-corrected chi connectivity index (χ3v) is 7.70. The van der Waals surface area contributed by atoms with E-state index in [0.29, 0.717) is 29.1 Å². The number of halogens is 1. The van der Waals surface area contributed by atoms with Gasteiger partial charge in [0.05, 0.1) is 6.20 Å². The van der Waals surface area contributed by atoms with Gasteiger partial charge < -0.3 is 9.80 Å². The van der Waals surface area contributed by atoms with E-state index in [9.17, 15) is 14.4 Å². The lowest BCUT2D eigenvalue weighted by Gasteiger charge is -2.29. The van der Waals surface area contributed by atoms with Gasteiger partial charge in [0.25, 0.3) is 0 Å². The minimum atomic E-state index is -0.343. The Kier molecular flexibility index (Phi) is 5.62. The van der Waals surface area contributed by atoms with Crippen molar-refractivity contribution < 1.29 is 14.4 Å². The van der Waals surface area contributed by atoms with Gasteiger partial charge in [0.15, 0.2) is 5.13 Å². The molecule has 5 rings (SSSR count). The molecular weight excluding hydrogens is 462 g/mol. The van der Waals surface area contributed by atoms with Gasteiger partial charge in [-0.05, 0) is 42.2 Å². The third kappa shape index (κ3) is 4.11. The summed E-state index contributed by atoms with van der Waals surface area (Å²) >= 11 is 7.15. The highest BCUT2D eigenvalue weighted by molar-refractivity contribution is 7.19. The molecule has 3 aliphatic heterocycles. The lowest BCUT2D eigenvalue weighted by molar-refractivity contribution is -0.129. The number of nitrogens with one attached hydrogen (secondary N) is 1. The van der Waals surface area contributed by atoms with Gasteiger partial charge in [-0.15, -0.1) is 0 Å². The highest BCUT2D eigenvalue weighted by Gasteiger charge is 2.49. The van der Waals surface area contributed by atoms with E-state index in [0.717, 1.165) is 42.7 Å². The molecule has 0 radical (unpaired) electrons. The molecule has 8 nitrogen and oxygen atoms in total. The monoisotopic (exact) mass is 485 g/mol. The normalized spacial score (nSPS) is 21.6. The fourth-order valence-corrected chi connectivity index (χ4v) is 5.54. The summed E-state index contributed by atoms with van der Waals surface area (Å²) in [5, 5.41) is 3.27. The largest absolute Gasteiger partial charge is 0.342 e. The Morgan fingerprint density at radius 2 is 2.00 bits per heavy atom. The van der Waals surface area contributed by atoms with Crippen LogP contribution in [0.5, 0.6) is 0 Å². The van der Waals surface area contributed by atoms with Crippen LogP contribution in [-0.4, -0.2) is 65.4 Å². The van der Waals surface area contributed by atoms with Crippen LogP contribution in [0.3, 0.4) is 0 Å². The Bertz CT molecular complexity index is 1160. The molecule has 4 amide bonds. The minimum absolute atomic E-state index is 0.0168. The topological polar surface area (TPSA) is 85.9 Å². The zero-order chi connectivity index (χ0) is 23.2. The smallest absolute Gasteiger partial charge is 0.328 e. The first-order chi connectivity index (χ1) is 15.8. The van der Waals surface area contributed by atoms with E-state index in [4.69, 9.17) is 11.6 Å². The summed E-state index contributed by atoms with van der Waals surface area (Å²) in [5.74, 6) is 0.0492. The molecule has 2 aromatic rings. The molecule has 1 N–H and O–H groups in total. The second-order valence-electron chi connectivity index (χ2n) is 8.75. The second kappa shape index (κ2) is 8.46. The van der Waals surface area contributed by atoms with Crippen molar-refractivity contribution in [3.05, 3.63) is 45.9 Å². The summed E-state index contributed by atoms with van der Waals surface area (Å²) in [7, 11) is 0. The van der Waals surface area contributed by atoms with Crippen LogP contribution in [0, 0.1) is 0 Å². The van der Waals surface area contributed by atoms with Gasteiger partial charge in [0.1, 0.15) is 4.34 Å². The average Bonchev–Trinajstić information content (AvgIpc) is 3.44. The summed E-state index contributed by atoms with van der Waals surface area (Å²) in [6.07, 6.45) is 6.76. The maximum atomic E-state index is 13.2. The first kappa shape index (κ1) is 21.9. The summed E-state index contributed by atoms with van der Waals surface area (Å²) in [4.78, 5) is 46.9. The molecule has 2 fully saturated rings. The number of amides is 4. The molecule has 0 saturated carbocycles. The Hall–Kier alpha value is -2.91. The van der Waals surface area contributed by atoms with Crippen molar-refractivity contribution in [3.63, 3.8) is 0 Å². The standard InChI is InChI=1S/C23H24ClN5O3S/c1-15(30)28-10-7-23(13-28)14-29(22(32)26-21-25-12-19(24)33-21)18-5-3-16(11-17(18)23)4-6-20(31)27-8-2-9-27/h3-6,11-12H,2,7-10,13-14H2,1H3,(H,25,26,32). The number of anilines is 2. The van der Waals surface area contributed by atoms with Crippen molar-refractivity contribution >= 4 is 57.7 Å². The zero-order valence-corrected chi connectivity index (χ0v) is 19.8. The molecule has 1 atom stereocenters. The molecule has 1 unspecified atom stereocenters. The van der Waals surface area contributed by atoms with E-state index in [2.05, 4.69) is 10.3 Å². The van der Waals surface area contributed by atoms with Crippen LogP contribution in [0.15, 0.2) is 30.5 Å². The molecule has 33 heavy (non-hydrogen) atoms. The van der Waals surface area contributed by atoms with E-state index in [-0.39, 0.29) is 23.3 Å². The van der Waals surface area contributed by atoms with Gasteiger partial charge in [0, 0.05) is 56.8 Å². The van der Waals surface area contributed by atoms with Crippen molar-refractivity contribution in [2.75, 3.05) is 42.9 Å². The highest BCUT2D eigenvalue weighted by Crippen LogP contribution is 2.47. The van der Waals surface area contributed by atoms with Crippen LogP contribution in [0.2, 0.25) is 4.34 Å². The van der Waals surface area contributed by atoms with Crippen molar-refractivity contribution in [1.29, 1.82) is 0 Å². The lowest BCUT2D eigenvalue weighted by atomic mass is 9.81. The number of urea groups is 1. The van der Waals surface area contributed by atoms with E-state index in [1.54, 1.807) is 17.9 Å². The van der Waals surface area contributed by atoms with Crippen LogP contribution >= 0.6 is 22.9 Å². The summed E-state index contributed by atoms with van der Waals surface area (Å²) < 4.78 is 0.501. The second-order valence-corrected chi connectivity index (χ2v) is 10.4. The van der Waals surface area contributed by atoms with Crippen LogP contribution in [0.1, 0.15) is 30.9 Å². The quantitative estimate of drug-likeness (QED) is 0.673. The van der Waals surface area contributed by atoms with Crippen molar-refractivity contribution in [2.45, 2.75) is 25.2 Å². The Morgan fingerprint density at radius 3 is 2.64 bits per heavy atom. The van der Waals surface area contributed by atoms with Gasteiger partial charge in [-0.25, -0.2) is 9.78 Å². The molecule has 1 spiro atoms. The number of carbonyl (C=O) groups excluding carboxylic acids is 3. The number of fused-ring (bicyclic) bond motifs is 2. The predicted octanol–water partition coefficient (Wildman–Crippen LogP) is 3.58. The van der Waals surface area contributed by atoms with Crippen molar-refractivity contribution in [3.8, 4) is 0 Å². The van der Waals surface area contributed by atoms with Gasteiger partial charge in [-0.2, -0.15) is 0 Å². The summed E-state index contributed by atoms with van der Waals surface area (Å²) in [6, 6.07) is 5.60. The number of likely N-dealkylation sites (tertiary alicyclic amines) is 2. The number of aromatic nitrogens is 1. The van der Waals surface area contributed by atoms with E-state index in [1.165, 1.54) is 17.5 Å². The van der Waals surface area contributed by atoms with Crippen molar-refractivity contribution in [2.24, 2.45) is 0 Å². The Morgan fingerprint density at radius 1 is 1.18 bits per heavy atom. The number of rotatable bonds is 3. The molecule has 10 heteroatoms. The summed E-state index contributed by atoms with van der Waals surface area (Å²) in [6.45, 7) is 4.88. The average molecular weight is 486 g/mol. The van der Waals surface area contributed by atoms with E-state index >= 15 is 0 Å². The molecule has 2 saturated heterocycles. The van der Waals surface area contributed by atoms with E-state index < -0.39 is 0 Å². The maximum Gasteiger partial charge on any atom is 0.328 e.